The van der Waals surface area contributed by atoms with Crippen LogP contribution in [0.1, 0.15) is 26.7 Å². The third kappa shape index (κ3) is 3.99. The van der Waals surface area contributed by atoms with Crippen LogP contribution in [0.15, 0.2) is 0 Å². The smallest absolute Gasteiger partial charge is 0.225 e. The Hall–Kier alpha value is -0.280. The molecular weight excluding hydrogens is 212 g/mol. The predicted molar refractivity (Wildman–Crippen MR) is 65.4 cm³/mol. The van der Waals surface area contributed by atoms with Crippen molar-refractivity contribution in [3.63, 3.8) is 0 Å². The lowest BCUT2D eigenvalue weighted by Crippen LogP contribution is -2.41. The predicted octanol–water partition coefficient (Wildman–Crippen LogP) is 1.62. The van der Waals surface area contributed by atoms with Crippen LogP contribution >= 0.6 is 12.4 Å². The third-order valence-corrected chi connectivity index (χ3v) is 3.14. The minimum absolute atomic E-state index is 0. The van der Waals surface area contributed by atoms with Crippen LogP contribution in [0.3, 0.4) is 0 Å². The first-order valence-electron chi connectivity index (χ1n) is 5.66. The Labute approximate surface area is 99.2 Å². The Morgan fingerprint density at radius 2 is 1.73 bits per heavy atom. The molecule has 0 aromatic rings. The van der Waals surface area contributed by atoms with Crippen LogP contribution in [-0.2, 0) is 4.79 Å². The van der Waals surface area contributed by atoms with Crippen LogP contribution in [0.25, 0.3) is 0 Å². The Bertz CT molecular complexity index is 187. The van der Waals surface area contributed by atoms with Crippen LogP contribution in [0, 0.1) is 5.92 Å². The summed E-state index contributed by atoms with van der Waals surface area (Å²) < 4.78 is 0. The highest BCUT2D eigenvalue weighted by Crippen LogP contribution is 2.18. The first-order chi connectivity index (χ1) is 6.69. The highest BCUT2D eigenvalue weighted by Gasteiger charge is 2.25. The van der Waals surface area contributed by atoms with Gasteiger partial charge >= 0.3 is 0 Å². The number of likely N-dealkylation sites (tertiary alicyclic amines) is 1. The summed E-state index contributed by atoms with van der Waals surface area (Å²) in [6.07, 6.45) is 2.07. The molecule has 0 aromatic heterocycles. The average molecular weight is 235 g/mol. The van der Waals surface area contributed by atoms with E-state index >= 15 is 0 Å². The molecule has 1 rings (SSSR count). The fraction of sp³-hybridized carbons (Fsp3) is 0.909. The van der Waals surface area contributed by atoms with Crippen LogP contribution in [0.4, 0.5) is 0 Å². The van der Waals surface area contributed by atoms with Crippen molar-refractivity contribution >= 4 is 18.3 Å². The minimum atomic E-state index is 0. The molecule has 3 nitrogen and oxygen atoms in total. The first kappa shape index (κ1) is 14.7. The highest BCUT2D eigenvalue weighted by atomic mass is 35.5. The maximum Gasteiger partial charge on any atom is 0.225 e. The zero-order chi connectivity index (χ0) is 10.6. The fourth-order valence-corrected chi connectivity index (χ4v) is 2.05. The van der Waals surface area contributed by atoms with Gasteiger partial charge in [-0.15, -0.1) is 12.4 Å². The SMILES string of the molecule is CCN(CC)C(=O)C1CCN(C)CC1.Cl. The highest BCUT2D eigenvalue weighted by molar-refractivity contribution is 5.85. The summed E-state index contributed by atoms with van der Waals surface area (Å²) in [7, 11) is 2.12. The molecule has 0 unspecified atom stereocenters. The molecule has 4 heteroatoms. The largest absolute Gasteiger partial charge is 0.343 e. The minimum Gasteiger partial charge on any atom is -0.343 e. The van der Waals surface area contributed by atoms with E-state index in [9.17, 15) is 4.79 Å². The van der Waals surface area contributed by atoms with Crippen molar-refractivity contribution in [1.29, 1.82) is 0 Å². The van der Waals surface area contributed by atoms with Gasteiger partial charge in [-0.05, 0) is 46.8 Å². The normalized spacial score (nSPS) is 18.3. The van der Waals surface area contributed by atoms with E-state index < -0.39 is 0 Å². The second kappa shape index (κ2) is 7.07. The topological polar surface area (TPSA) is 23.6 Å². The van der Waals surface area contributed by atoms with E-state index in [1.807, 2.05) is 4.90 Å². The Morgan fingerprint density at radius 1 is 1.27 bits per heavy atom. The second-order valence-electron chi connectivity index (χ2n) is 4.09. The summed E-state index contributed by atoms with van der Waals surface area (Å²) >= 11 is 0. The molecule has 1 amide bonds. The van der Waals surface area contributed by atoms with Crippen molar-refractivity contribution in [2.75, 3.05) is 33.2 Å². The van der Waals surface area contributed by atoms with Crippen LogP contribution < -0.4 is 0 Å². The molecule has 1 saturated heterocycles. The summed E-state index contributed by atoms with van der Waals surface area (Å²) in [6, 6.07) is 0. The lowest BCUT2D eigenvalue weighted by molar-refractivity contribution is -0.136. The molecular formula is C11H23ClN2O. The molecule has 0 saturated carbocycles. The van der Waals surface area contributed by atoms with Crippen molar-refractivity contribution in [3.8, 4) is 0 Å². The van der Waals surface area contributed by atoms with Gasteiger partial charge in [-0.1, -0.05) is 0 Å². The fourth-order valence-electron chi connectivity index (χ4n) is 2.05. The van der Waals surface area contributed by atoms with Gasteiger partial charge in [-0.25, -0.2) is 0 Å². The second-order valence-corrected chi connectivity index (χ2v) is 4.09. The lowest BCUT2D eigenvalue weighted by atomic mass is 9.95. The van der Waals surface area contributed by atoms with E-state index in [4.69, 9.17) is 0 Å². The molecule has 0 spiro atoms. The van der Waals surface area contributed by atoms with E-state index in [0.717, 1.165) is 39.0 Å². The maximum atomic E-state index is 12.0. The van der Waals surface area contributed by atoms with Crippen molar-refractivity contribution < 1.29 is 4.79 Å². The number of rotatable bonds is 3. The molecule has 0 N–H and O–H groups in total. The summed E-state index contributed by atoms with van der Waals surface area (Å²) in [5.74, 6) is 0.647. The monoisotopic (exact) mass is 234 g/mol. The Morgan fingerprint density at radius 3 is 2.13 bits per heavy atom. The van der Waals surface area contributed by atoms with Crippen molar-refractivity contribution in [2.24, 2.45) is 5.92 Å². The van der Waals surface area contributed by atoms with E-state index in [2.05, 4.69) is 25.8 Å². The Balaban J connectivity index is 0.00000196. The number of hydrogen-bond acceptors (Lipinski definition) is 2. The van der Waals surface area contributed by atoms with Crippen molar-refractivity contribution in [1.82, 2.24) is 9.80 Å². The molecule has 0 atom stereocenters. The number of carbonyl (C=O) groups is 1. The molecule has 1 heterocycles. The quantitative estimate of drug-likeness (QED) is 0.741. The molecule has 90 valence electrons. The number of piperidine rings is 1. The molecule has 0 aliphatic carbocycles. The number of halogens is 1. The summed E-state index contributed by atoms with van der Waals surface area (Å²) in [4.78, 5) is 16.2. The van der Waals surface area contributed by atoms with Gasteiger partial charge in [-0.2, -0.15) is 0 Å². The zero-order valence-electron chi connectivity index (χ0n) is 10.0. The van der Waals surface area contributed by atoms with E-state index in [0.29, 0.717) is 5.91 Å². The van der Waals surface area contributed by atoms with E-state index in [-0.39, 0.29) is 18.3 Å². The van der Waals surface area contributed by atoms with Crippen LogP contribution in [0.5, 0.6) is 0 Å². The summed E-state index contributed by atoms with van der Waals surface area (Å²) in [5, 5.41) is 0. The summed E-state index contributed by atoms with van der Waals surface area (Å²) in [5.41, 5.74) is 0. The molecule has 0 aromatic carbocycles. The van der Waals surface area contributed by atoms with Gasteiger partial charge < -0.3 is 9.80 Å². The average Bonchev–Trinajstić information content (AvgIpc) is 2.20. The number of nitrogens with zero attached hydrogens (tertiary/aromatic N) is 2. The van der Waals surface area contributed by atoms with Gasteiger partial charge in [0.25, 0.3) is 0 Å². The molecule has 1 aliphatic heterocycles. The van der Waals surface area contributed by atoms with Gasteiger partial charge in [0.05, 0.1) is 0 Å². The molecule has 0 radical (unpaired) electrons. The van der Waals surface area contributed by atoms with Gasteiger partial charge in [0.15, 0.2) is 0 Å². The molecule has 1 aliphatic rings. The lowest BCUT2D eigenvalue weighted by Gasteiger charge is -2.31. The zero-order valence-corrected chi connectivity index (χ0v) is 10.8. The van der Waals surface area contributed by atoms with Crippen LogP contribution in [0.2, 0.25) is 0 Å². The maximum absolute atomic E-state index is 12.0. The molecule has 1 fully saturated rings. The van der Waals surface area contributed by atoms with Crippen LogP contribution in [-0.4, -0.2) is 48.9 Å². The summed E-state index contributed by atoms with van der Waals surface area (Å²) in [6.45, 7) is 7.94. The molecule has 15 heavy (non-hydrogen) atoms. The number of carbonyl (C=O) groups excluding carboxylic acids is 1. The standard InChI is InChI=1S/C11H22N2O.ClH/c1-4-13(5-2)11(14)10-6-8-12(3)9-7-10;/h10H,4-9H2,1-3H3;1H. The van der Waals surface area contributed by atoms with Gasteiger partial charge in [0.1, 0.15) is 0 Å². The van der Waals surface area contributed by atoms with Crippen molar-refractivity contribution in [3.05, 3.63) is 0 Å². The number of amides is 1. The number of hydrogen-bond donors (Lipinski definition) is 0. The molecule has 0 bridgehead atoms. The third-order valence-electron chi connectivity index (χ3n) is 3.14. The van der Waals surface area contributed by atoms with E-state index in [1.54, 1.807) is 0 Å². The first-order valence-corrected chi connectivity index (χ1v) is 5.66. The van der Waals surface area contributed by atoms with Crippen molar-refractivity contribution in [2.45, 2.75) is 26.7 Å². The Kier molecular flexibility index (Phi) is 6.94. The van der Waals surface area contributed by atoms with Gasteiger partial charge in [-0.3, -0.25) is 4.79 Å². The van der Waals surface area contributed by atoms with Gasteiger partial charge in [0, 0.05) is 19.0 Å². The van der Waals surface area contributed by atoms with Gasteiger partial charge in [0.2, 0.25) is 5.91 Å². The van der Waals surface area contributed by atoms with E-state index in [1.165, 1.54) is 0 Å².